The Morgan fingerprint density at radius 1 is 1.10 bits per heavy atom. The van der Waals surface area contributed by atoms with Gasteiger partial charge in [-0.3, -0.25) is 19.5 Å². The normalized spacial score (nSPS) is 10.6. The highest BCUT2D eigenvalue weighted by Gasteiger charge is 2.11. The molecule has 0 fully saturated rings. The molecule has 0 unspecified atom stereocenters. The lowest BCUT2D eigenvalue weighted by Gasteiger charge is -2.08. The van der Waals surface area contributed by atoms with E-state index in [9.17, 15) is 14.9 Å². The van der Waals surface area contributed by atoms with Crippen molar-refractivity contribution in [1.29, 1.82) is 0 Å². The molecule has 0 N–H and O–H groups in total. The van der Waals surface area contributed by atoms with Gasteiger partial charge in [-0.2, -0.15) is 0 Å². The Morgan fingerprint density at radius 3 is 2.55 bits per heavy atom. The van der Waals surface area contributed by atoms with Crippen molar-refractivity contribution in [3.8, 4) is 5.69 Å². The van der Waals surface area contributed by atoms with E-state index in [1.165, 1.54) is 29.0 Å². The van der Waals surface area contributed by atoms with E-state index in [1.807, 2.05) is 18.2 Å². The summed E-state index contributed by atoms with van der Waals surface area (Å²) in [5.74, 6) is 0. The first-order chi connectivity index (χ1) is 9.66. The molecular formula is C14H9N3O3. The molecule has 0 aliphatic rings. The van der Waals surface area contributed by atoms with Gasteiger partial charge in [0.2, 0.25) is 0 Å². The minimum atomic E-state index is -0.487. The van der Waals surface area contributed by atoms with E-state index in [2.05, 4.69) is 4.98 Å². The van der Waals surface area contributed by atoms with Gasteiger partial charge in [0.1, 0.15) is 0 Å². The van der Waals surface area contributed by atoms with Crippen LogP contribution in [0.4, 0.5) is 5.69 Å². The number of nitro benzene ring substituents is 1. The van der Waals surface area contributed by atoms with E-state index < -0.39 is 4.92 Å². The van der Waals surface area contributed by atoms with Gasteiger partial charge in [0.05, 0.1) is 22.2 Å². The highest BCUT2D eigenvalue weighted by atomic mass is 16.6. The maximum atomic E-state index is 12.0. The van der Waals surface area contributed by atoms with Crippen LogP contribution in [0, 0.1) is 10.1 Å². The van der Waals surface area contributed by atoms with Gasteiger partial charge in [-0.15, -0.1) is 0 Å². The Hall–Kier alpha value is -3.02. The van der Waals surface area contributed by atoms with Gasteiger partial charge in [-0.25, -0.2) is 4.98 Å². The zero-order valence-corrected chi connectivity index (χ0v) is 10.3. The van der Waals surface area contributed by atoms with Crippen molar-refractivity contribution in [3.63, 3.8) is 0 Å². The quantitative estimate of drug-likeness (QED) is 0.527. The van der Waals surface area contributed by atoms with Crippen LogP contribution in [0.3, 0.4) is 0 Å². The number of fused-ring (bicyclic) bond motifs is 1. The van der Waals surface area contributed by atoms with E-state index >= 15 is 0 Å². The van der Waals surface area contributed by atoms with Crippen LogP contribution in [0.2, 0.25) is 0 Å². The van der Waals surface area contributed by atoms with E-state index in [1.54, 1.807) is 12.1 Å². The number of hydrogen-bond acceptors (Lipinski definition) is 4. The lowest BCUT2D eigenvalue weighted by molar-refractivity contribution is -0.384. The molecule has 1 heterocycles. The predicted octanol–water partition coefficient (Wildman–Crippen LogP) is 2.29. The molecule has 2 aromatic carbocycles. The zero-order valence-electron chi connectivity index (χ0n) is 10.3. The van der Waals surface area contributed by atoms with Crippen molar-refractivity contribution in [1.82, 2.24) is 9.55 Å². The monoisotopic (exact) mass is 267 g/mol. The molecule has 0 amide bonds. The maximum Gasteiger partial charge on any atom is 0.274 e. The van der Waals surface area contributed by atoms with Crippen LogP contribution in [0.15, 0.2) is 59.5 Å². The van der Waals surface area contributed by atoms with Crippen LogP contribution in [-0.4, -0.2) is 14.5 Å². The third-order valence-corrected chi connectivity index (χ3v) is 2.96. The highest BCUT2D eigenvalue weighted by Crippen LogP contribution is 2.20. The largest absolute Gasteiger partial charge is 0.274 e. The highest BCUT2D eigenvalue weighted by molar-refractivity contribution is 5.78. The molecule has 98 valence electrons. The first kappa shape index (κ1) is 12.0. The number of non-ortho nitro benzene ring substituents is 1. The number of nitro groups is 1. The van der Waals surface area contributed by atoms with Gasteiger partial charge in [0.15, 0.2) is 0 Å². The van der Waals surface area contributed by atoms with Crippen LogP contribution >= 0.6 is 0 Å². The number of aromatic nitrogens is 2. The molecule has 3 aromatic rings. The summed E-state index contributed by atoms with van der Waals surface area (Å²) in [5.41, 5.74) is 1.30. The molecule has 6 heteroatoms. The summed E-state index contributed by atoms with van der Waals surface area (Å²) in [7, 11) is 0. The molecule has 0 aliphatic heterocycles. The van der Waals surface area contributed by atoms with Gasteiger partial charge in [-0.1, -0.05) is 18.2 Å². The van der Waals surface area contributed by atoms with Crippen molar-refractivity contribution < 1.29 is 4.92 Å². The third kappa shape index (κ3) is 1.93. The van der Waals surface area contributed by atoms with Crippen molar-refractivity contribution in [3.05, 3.63) is 75.2 Å². The second-order valence-electron chi connectivity index (χ2n) is 4.20. The SMILES string of the molecule is O=c1cnc2cc([N+](=O)[O-])ccc2n1-c1ccccc1. The average Bonchev–Trinajstić information content (AvgIpc) is 2.47. The minimum Gasteiger partial charge on any atom is -0.274 e. The molecule has 6 nitrogen and oxygen atoms in total. The van der Waals surface area contributed by atoms with E-state index in [4.69, 9.17) is 0 Å². The second-order valence-corrected chi connectivity index (χ2v) is 4.20. The van der Waals surface area contributed by atoms with E-state index in [0.29, 0.717) is 16.7 Å². The van der Waals surface area contributed by atoms with Crippen molar-refractivity contribution in [2.24, 2.45) is 0 Å². The summed E-state index contributed by atoms with van der Waals surface area (Å²) in [6.45, 7) is 0. The fourth-order valence-corrected chi connectivity index (χ4v) is 2.06. The fourth-order valence-electron chi connectivity index (χ4n) is 2.06. The lowest BCUT2D eigenvalue weighted by atomic mass is 10.2. The number of rotatable bonds is 2. The Labute approximate surface area is 113 Å². The second kappa shape index (κ2) is 4.58. The van der Waals surface area contributed by atoms with Crippen LogP contribution in [-0.2, 0) is 0 Å². The molecule has 0 spiro atoms. The topological polar surface area (TPSA) is 78.0 Å². The summed E-state index contributed by atoms with van der Waals surface area (Å²) in [5, 5.41) is 10.8. The fraction of sp³-hybridized carbons (Fsp3) is 0. The molecule has 0 aliphatic carbocycles. The standard InChI is InChI=1S/C14H9N3O3/c18-14-9-15-12-8-11(17(19)20)6-7-13(12)16(14)10-4-2-1-3-5-10/h1-9H. The molecule has 3 rings (SSSR count). The third-order valence-electron chi connectivity index (χ3n) is 2.96. The van der Waals surface area contributed by atoms with Crippen LogP contribution in [0.5, 0.6) is 0 Å². The molecule has 0 radical (unpaired) electrons. The van der Waals surface area contributed by atoms with Gasteiger partial charge < -0.3 is 0 Å². The summed E-state index contributed by atoms with van der Waals surface area (Å²) in [6.07, 6.45) is 1.17. The Morgan fingerprint density at radius 2 is 1.85 bits per heavy atom. The lowest BCUT2D eigenvalue weighted by Crippen LogP contribution is -2.18. The van der Waals surface area contributed by atoms with Crippen LogP contribution in [0.25, 0.3) is 16.7 Å². The molecule has 0 bridgehead atoms. The smallest absolute Gasteiger partial charge is 0.274 e. The van der Waals surface area contributed by atoms with Crippen LogP contribution in [0.1, 0.15) is 0 Å². The molecule has 0 saturated carbocycles. The Kier molecular flexibility index (Phi) is 2.76. The zero-order chi connectivity index (χ0) is 14.1. The molecule has 20 heavy (non-hydrogen) atoms. The average molecular weight is 267 g/mol. The summed E-state index contributed by atoms with van der Waals surface area (Å²) >= 11 is 0. The minimum absolute atomic E-state index is 0.0525. The van der Waals surface area contributed by atoms with E-state index in [-0.39, 0.29) is 11.2 Å². The van der Waals surface area contributed by atoms with Gasteiger partial charge >= 0.3 is 0 Å². The van der Waals surface area contributed by atoms with Gasteiger partial charge in [0, 0.05) is 17.8 Å². The maximum absolute atomic E-state index is 12.0. The molecule has 0 atom stereocenters. The first-order valence-electron chi connectivity index (χ1n) is 5.88. The summed E-state index contributed by atoms with van der Waals surface area (Å²) < 4.78 is 1.48. The number of para-hydroxylation sites is 1. The number of nitrogens with zero attached hydrogens (tertiary/aromatic N) is 3. The molecule has 0 saturated heterocycles. The Bertz CT molecular complexity index is 856. The van der Waals surface area contributed by atoms with E-state index in [0.717, 1.165) is 0 Å². The van der Waals surface area contributed by atoms with Crippen LogP contribution < -0.4 is 5.56 Å². The number of hydrogen-bond donors (Lipinski definition) is 0. The molecule has 1 aromatic heterocycles. The van der Waals surface area contributed by atoms with Gasteiger partial charge in [0.25, 0.3) is 11.2 Å². The summed E-state index contributed by atoms with van der Waals surface area (Å²) in [4.78, 5) is 26.3. The first-order valence-corrected chi connectivity index (χ1v) is 5.88. The molecular weight excluding hydrogens is 258 g/mol. The predicted molar refractivity (Wildman–Crippen MR) is 74.0 cm³/mol. The van der Waals surface area contributed by atoms with Crippen molar-refractivity contribution in [2.45, 2.75) is 0 Å². The van der Waals surface area contributed by atoms with Crippen molar-refractivity contribution in [2.75, 3.05) is 0 Å². The Balaban J connectivity index is 2.34. The van der Waals surface area contributed by atoms with Crippen molar-refractivity contribution >= 4 is 16.7 Å². The van der Waals surface area contributed by atoms with Gasteiger partial charge in [-0.05, 0) is 18.2 Å². The number of benzene rings is 2. The summed E-state index contributed by atoms with van der Waals surface area (Å²) in [6, 6.07) is 13.3.